The molecule has 1 amide bonds. The van der Waals surface area contributed by atoms with Gasteiger partial charge in [0.1, 0.15) is 5.82 Å². The molecule has 1 aliphatic carbocycles. The number of anilines is 1. The normalized spacial score (nSPS) is 18.2. The molecule has 0 atom stereocenters. The fourth-order valence-corrected chi connectivity index (χ4v) is 3.05. The van der Waals surface area contributed by atoms with E-state index in [4.69, 9.17) is 0 Å². The van der Waals surface area contributed by atoms with Gasteiger partial charge < -0.3 is 10.6 Å². The summed E-state index contributed by atoms with van der Waals surface area (Å²) in [7, 11) is 0. The molecule has 1 aliphatic heterocycles. The standard InChI is InChI=1S/C15H19FN2O.ClH/c16-14-12-7-8-17-9-11(12)5-6-13(14)18-15(19)10-3-1-2-4-10;/h5-6,10,17H,1-4,7-9H2,(H,18,19);1H. The first kappa shape index (κ1) is 15.3. The number of benzene rings is 1. The Morgan fingerprint density at radius 3 is 2.80 bits per heavy atom. The predicted molar refractivity (Wildman–Crippen MR) is 79.6 cm³/mol. The van der Waals surface area contributed by atoms with Crippen molar-refractivity contribution in [2.45, 2.75) is 38.6 Å². The van der Waals surface area contributed by atoms with Crippen LogP contribution in [0.1, 0.15) is 36.8 Å². The smallest absolute Gasteiger partial charge is 0.227 e. The average molecular weight is 299 g/mol. The quantitative estimate of drug-likeness (QED) is 0.881. The summed E-state index contributed by atoms with van der Waals surface area (Å²) in [6.07, 6.45) is 4.77. The maximum absolute atomic E-state index is 14.4. The van der Waals surface area contributed by atoms with Crippen molar-refractivity contribution in [3.8, 4) is 0 Å². The van der Waals surface area contributed by atoms with Crippen LogP contribution < -0.4 is 10.6 Å². The lowest BCUT2D eigenvalue weighted by Crippen LogP contribution is -2.26. The summed E-state index contributed by atoms with van der Waals surface area (Å²) in [4.78, 5) is 12.0. The van der Waals surface area contributed by atoms with Crippen molar-refractivity contribution in [3.63, 3.8) is 0 Å². The molecule has 0 saturated heterocycles. The van der Waals surface area contributed by atoms with Crippen molar-refractivity contribution in [3.05, 3.63) is 29.1 Å². The van der Waals surface area contributed by atoms with Gasteiger partial charge in [-0.25, -0.2) is 4.39 Å². The molecule has 1 fully saturated rings. The second-order valence-corrected chi connectivity index (χ2v) is 5.46. The molecular formula is C15H20ClFN2O. The minimum atomic E-state index is -0.245. The van der Waals surface area contributed by atoms with Gasteiger partial charge in [-0.3, -0.25) is 4.79 Å². The molecule has 0 spiro atoms. The van der Waals surface area contributed by atoms with Crippen LogP contribution in [0.4, 0.5) is 10.1 Å². The van der Waals surface area contributed by atoms with Crippen LogP contribution in [0.15, 0.2) is 12.1 Å². The lowest BCUT2D eigenvalue weighted by molar-refractivity contribution is -0.119. The van der Waals surface area contributed by atoms with Gasteiger partial charge in [-0.05, 0) is 43.0 Å². The summed E-state index contributed by atoms with van der Waals surface area (Å²) in [5.74, 6) is -0.201. The third-order valence-corrected chi connectivity index (χ3v) is 4.19. The summed E-state index contributed by atoms with van der Waals surface area (Å²) in [6, 6.07) is 3.60. The molecule has 0 bridgehead atoms. The van der Waals surface area contributed by atoms with E-state index in [1.165, 1.54) is 0 Å². The van der Waals surface area contributed by atoms with Crippen LogP contribution in [0.5, 0.6) is 0 Å². The van der Waals surface area contributed by atoms with Gasteiger partial charge in [0.15, 0.2) is 0 Å². The predicted octanol–water partition coefficient (Wildman–Crippen LogP) is 3.02. The Bertz CT molecular complexity index is 501. The zero-order chi connectivity index (χ0) is 13.2. The highest BCUT2D eigenvalue weighted by atomic mass is 35.5. The summed E-state index contributed by atoms with van der Waals surface area (Å²) < 4.78 is 14.4. The van der Waals surface area contributed by atoms with E-state index in [0.29, 0.717) is 18.7 Å². The zero-order valence-electron chi connectivity index (χ0n) is 11.4. The molecule has 0 aromatic heterocycles. The number of fused-ring (bicyclic) bond motifs is 1. The van der Waals surface area contributed by atoms with Gasteiger partial charge in [0.2, 0.25) is 5.91 Å². The van der Waals surface area contributed by atoms with E-state index in [1.54, 1.807) is 6.07 Å². The Labute approximate surface area is 124 Å². The van der Waals surface area contributed by atoms with Crippen LogP contribution in [0.3, 0.4) is 0 Å². The third kappa shape index (κ3) is 2.96. The minimum Gasteiger partial charge on any atom is -0.323 e. The van der Waals surface area contributed by atoms with Crippen LogP contribution >= 0.6 is 12.4 Å². The highest BCUT2D eigenvalue weighted by Gasteiger charge is 2.24. The highest BCUT2D eigenvalue weighted by Crippen LogP contribution is 2.28. The Balaban J connectivity index is 0.00000147. The van der Waals surface area contributed by atoms with Crippen LogP contribution in [-0.4, -0.2) is 12.5 Å². The average Bonchev–Trinajstić information content (AvgIpc) is 2.96. The van der Waals surface area contributed by atoms with Crippen LogP contribution in [0, 0.1) is 11.7 Å². The number of rotatable bonds is 2. The number of carbonyl (C=O) groups is 1. The molecule has 20 heavy (non-hydrogen) atoms. The Morgan fingerprint density at radius 1 is 1.30 bits per heavy atom. The van der Waals surface area contributed by atoms with Gasteiger partial charge in [0, 0.05) is 12.5 Å². The van der Waals surface area contributed by atoms with Gasteiger partial charge in [0.05, 0.1) is 5.69 Å². The maximum Gasteiger partial charge on any atom is 0.227 e. The molecule has 1 aromatic rings. The topological polar surface area (TPSA) is 41.1 Å². The van der Waals surface area contributed by atoms with Crippen LogP contribution in [0.25, 0.3) is 0 Å². The molecular weight excluding hydrogens is 279 g/mol. The first-order chi connectivity index (χ1) is 9.25. The van der Waals surface area contributed by atoms with Crippen molar-refractivity contribution in [1.82, 2.24) is 5.32 Å². The van der Waals surface area contributed by atoms with Gasteiger partial charge in [0.25, 0.3) is 0 Å². The maximum atomic E-state index is 14.4. The second-order valence-electron chi connectivity index (χ2n) is 5.46. The minimum absolute atomic E-state index is 0. The Kier molecular flexibility index (Phi) is 5.00. The van der Waals surface area contributed by atoms with Crippen LogP contribution in [-0.2, 0) is 17.8 Å². The number of halogens is 2. The molecule has 1 heterocycles. The molecule has 110 valence electrons. The van der Waals surface area contributed by atoms with Crippen molar-refractivity contribution in [2.75, 3.05) is 11.9 Å². The molecule has 0 unspecified atom stereocenters. The van der Waals surface area contributed by atoms with E-state index in [0.717, 1.165) is 43.4 Å². The van der Waals surface area contributed by atoms with Crippen molar-refractivity contribution in [1.29, 1.82) is 0 Å². The first-order valence-electron chi connectivity index (χ1n) is 7.07. The number of carbonyl (C=O) groups excluding carboxylic acids is 1. The van der Waals surface area contributed by atoms with Gasteiger partial charge in [-0.15, -0.1) is 12.4 Å². The molecule has 1 saturated carbocycles. The summed E-state index contributed by atoms with van der Waals surface area (Å²) >= 11 is 0. The fourth-order valence-electron chi connectivity index (χ4n) is 3.05. The van der Waals surface area contributed by atoms with E-state index in [-0.39, 0.29) is 30.0 Å². The molecule has 2 N–H and O–H groups in total. The van der Waals surface area contributed by atoms with Gasteiger partial charge in [-0.2, -0.15) is 0 Å². The molecule has 1 aromatic carbocycles. The molecule has 2 aliphatic rings. The largest absolute Gasteiger partial charge is 0.323 e. The number of hydrogen-bond acceptors (Lipinski definition) is 2. The summed E-state index contributed by atoms with van der Waals surface area (Å²) in [5, 5.41) is 5.99. The van der Waals surface area contributed by atoms with Crippen molar-refractivity contribution >= 4 is 24.0 Å². The van der Waals surface area contributed by atoms with Crippen molar-refractivity contribution in [2.24, 2.45) is 5.92 Å². The second kappa shape index (κ2) is 6.55. The SMILES string of the molecule is Cl.O=C(Nc1ccc2c(c1F)CCNC2)C1CCCC1. The number of nitrogens with one attached hydrogen (secondary N) is 2. The number of amides is 1. The van der Waals surface area contributed by atoms with Crippen LogP contribution in [0.2, 0.25) is 0 Å². The van der Waals surface area contributed by atoms with Crippen molar-refractivity contribution < 1.29 is 9.18 Å². The van der Waals surface area contributed by atoms with E-state index in [2.05, 4.69) is 10.6 Å². The monoisotopic (exact) mass is 298 g/mol. The lowest BCUT2D eigenvalue weighted by Gasteiger charge is -2.20. The van der Waals surface area contributed by atoms with E-state index < -0.39 is 0 Å². The van der Waals surface area contributed by atoms with E-state index in [1.807, 2.05) is 6.07 Å². The summed E-state index contributed by atoms with van der Waals surface area (Å²) in [6.45, 7) is 1.51. The number of hydrogen-bond donors (Lipinski definition) is 2. The zero-order valence-corrected chi connectivity index (χ0v) is 12.2. The first-order valence-corrected chi connectivity index (χ1v) is 7.07. The Hall–Kier alpha value is -1.13. The summed E-state index contributed by atoms with van der Waals surface area (Å²) in [5.41, 5.74) is 2.10. The molecule has 0 radical (unpaired) electrons. The van der Waals surface area contributed by atoms with E-state index >= 15 is 0 Å². The highest BCUT2D eigenvalue weighted by molar-refractivity contribution is 5.93. The molecule has 3 nitrogen and oxygen atoms in total. The third-order valence-electron chi connectivity index (χ3n) is 4.19. The Morgan fingerprint density at radius 2 is 2.05 bits per heavy atom. The van der Waals surface area contributed by atoms with Gasteiger partial charge >= 0.3 is 0 Å². The fraction of sp³-hybridized carbons (Fsp3) is 0.533. The van der Waals surface area contributed by atoms with E-state index in [9.17, 15) is 9.18 Å². The molecule has 5 heteroatoms. The lowest BCUT2D eigenvalue weighted by atomic mass is 9.99. The van der Waals surface area contributed by atoms with Gasteiger partial charge in [-0.1, -0.05) is 18.9 Å². The molecule has 3 rings (SSSR count).